The molecular formula is C29H52P2. The average molecular weight is 463 g/mol. The van der Waals surface area contributed by atoms with Crippen molar-refractivity contribution in [2.75, 3.05) is 0 Å². The zero-order chi connectivity index (χ0) is 20.9. The Kier molecular flexibility index (Phi) is 9.14. The van der Waals surface area contributed by atoms with E-state index in [-0.39, 0.29) is 0 Å². The van der Waals surface area contributed by atoms with E-state index in [1.807, 2.05) is 0 Å². The van der Waals surface area contributed by atoms with Crippen molar-refractivity contribution in [1.29, 1.82) is 0 Å². The van der Waals surface area contributed by atoms with Crippen LogP contribution in [0.15, 0.2) is 0 Å². The standard InChI is InChI=1S/C29H52P2/c1-5-14-24(15-6-1)30(25-16-7-2-8-17-25)28-22-13-23-29(28)31(26-18-9-3-10-19-26)27-20-11-4-12-21-27/h24-29H,1-23H2/t28-,29-/m0/s1. The minimum Gasteiger partial charge on any atom is -0.0965 e. The average Bonchev–Trinajstić information content (AvgIpc) is 3.31. The first-order valence-corrected chi connectivity index (χ1v) is 18.1. The highest BCUT2D eigenvalue weighted by atomic mass is 31.1. The summed E-state index contributed by atoms with van der Waals surface area (Å²) in [7, 11) is 0.609. The van der Waals surface area contributed by atoms with Crippen LogP contribution in [0.4, 0.5) is 0 Å². The molecule has 0 radical (unpaired) electrons. The molecule has 5 fully saturated rings. The summed E-state index contributed by atoms with van der Waals surface area (Å²) in [5.74, 6) is 0. The zero-order valence-corrected chi connectivity index (χ0v) is 22.4. The summed E-state index contributed by atoms with van der Waals surface area (Å²) in [6.07, 6.45) is 36.9. The molecule has 2 atom stereocenters. The first kappa shape index (κ1) is 23.6. The second-order valence-corrected chi connectivity index (χ2v) is 18.2. The molecule has 0 unspecified atom stereocenters. The lowest BCUT2D eigenvalue weighted by atomic mass is 9.99. The van der Waals surface area contributed by atoms with Crippen LogP contribution in [-0.2, 0) is 0 Å². The Hall–Kier alpha value is 0.860. The molecule has 0 bridgehead atoms. The molecule has 0 aromatic heterocycles. The Bertz CT molecular complexity index is 427. The SMILES string of the molecule is C1CCC(P(C2CCCCC2)[C@H]2CCC[C@@H]2P(C2CCCCC2)C2CCCCC2)CC1. The van der Waals surface area contributed by atoms with Crippen LogP contribution in [0.5, 0.6) is 0 Å². The van der Waals surface area contributed by atoms with E-state index in [9.17, 15) is 0 Å². The van der Waals surface area contributed by atoms with Crippen molar-refractivity contribution in [3.05, 3.63) is 0 Å². The van der Waals surface area contributed by atoms with Crippen molar-refractivity contribution in [3.63, 3.8) is 0 Å². The molecule has 0 heterocycles. The van der Waals surface area contributed by atoms with E-state index < -0.39 is 0 Å². The Morgan fingerprint density at radius 1 is 0.258 bits per heavy atom. The van der Waals surface area contributed by atoms with E-state index in [4.69, 9.17) is 0 Å². The normalized spacial score (nSPS) is 33.5. The van der Waals surface area contributed by atoms with Gasteiger partial charge in [0.15, 0.2) is 0 Å². The smallest absolute Gasteiger partial charge is 0.0136 e. The molecule has 0 aromatic carbocycles. The van der Waals surface area contributed by atoms with Crippen LogP contribution in [0.2, 0.25) is 0 Å². The largest absolute Gasteiger partial charge is 0.0965 e. The summed E-state index contributed by atoms with van der Waals surface area (Å²) in [4.78, 5) is 0. The minimum atomic E-state index is 0.304. The van der Waals surface area contributed by atoms with E-state index in [0.717, 1.165) is 0 Å². The van der Waals surface area contributed by atoms with Crippen molar-refractivity contribution >= 4 is 15.8 Å². The molecule has 5 rings (SSSR count). The van der Waals surface area contributed by atoms with E-state index in [1.54, 1.807) is 148 Å². The fourth-order valence-electron chi connectivity index (χ4n) is 8.81. The van der Waals surface area contributed by atoms with Gasteiger partial charge in [0.1, 0.15) is 0 Å². The van der Waals surface area contributed by atoms with Gasteiger partial charge in [0, 0.05) is 0 Å². The molecule has 0 aromatic rings. The molecule has 5 aliphatic rings. The highest BCUT2D eigenvalue weighted by Gasteiger charge is 2.47. The first-order valence-electron chi connectivity index (χ1n) is 15.0. The summed E-state index contributed by atoms with van der Waals surface area (Å²) in [6, 6.07) is 0. The molecule has 0 aliphatic heterocycles. The summed E-state index contributed by atoms with van der Waals surface area (Å²) >= 11 is 0. The first-order chi connectivity index (χ1) is 15.4. The number of rotatable bonds is 6. The van der Waals surface area contributed by atoms with Gasteiger partial charge in [0.25, 0.3) is 0 Å². The van der Waals surface area contributed by atoms with Gasteiger partial charge in [-0.2, -0.15) is 0 Å². The Morgan fingerprint density at radius 2 is 0.516 bits per heavy atom. The van der Waals surface area contributed by atoms with Crippen LogP contribution in [0.25, 0.3) is 0 Å². The molecule has 0 spiro atoms. The molecule has 2 heteroatoms. The van der Waals surface area contributed by atoms with Gasteiger partial charge in [-0.05, 0) is 98.2 Å². The molecule has 5 aliphatic carbocycles. The lowest BCUT2D eigenvalue weighted by Crippen LogP contribution is -2.34. The second-order valence-electron chi connectivity index (χ2n) is 12.1. The van der Waals surface area contributed by atoms with Crippen LogP contribution < -0.4 is 0 Å². The highest BCUT2D eigenvalue weighted by Crippen LogP contribution is 2.70. The molecule has 5 saturated carbocycles. The fraction of sp³-hybridized carbons (Fsp3) is 1.00. The predicted octanol–water partition coefficient (Wildman–Crippen LogP) is 10.2. The third kappa shape index (κ3) is 5.75. The van der Waals surface area contributed by atoms with Gasteiger partial charge >= 0.3 is 0 Å². The van der Waals surface area contributed by atoms with Crippen LogP contribution in [0.1, 0.15) is 148 Å². The Labute approximate surface area is 197 Å². The van der Waals surface area contributed by atoms with Crippen LogP contribution >= 0.6 is 15.8 Å². The Morgan fingerprint density at radius 3 is 0.774 bits per heavy atom. The summed E-state index contributed by atoms with van der Waals surface area (Å²) < 4.78 is 0. The van der Waals surface area contributed by atoms with Gasteiger partial charge in [0.05, 0.1) is 0 Å². The molecule has 178 valence electrons. The van der Waals surface area contributed by atoms with E-state index >= 15 is 0 Å². The number of hydrogen-bond acceptors (Lipinski definition) is 0. The van der Waals surface area contributed by atoms with Crippen molar-refractivity contribution in [2.45, 2.75) is 182 Å². The van der Waals surface area contributed by atoms with E-state index in [1.165, 1.54) is 34.0 Å². The third-order valence-corrected chi connectivity index (χ3v) is 18.6. The summed E-state index contributed by atoms with van der Waals surface area (Å²) in [6.45, 7) is 0. The fourth-order valence-corrected chi connectivity index (χ4v) is 19.0. The van der Waals surface area contributed by atoms with Crippen LogP contribution in [-0.4, -0.2) is 34.0 Å². The lowest BCUT2D eigenvalue weighted by molar-refractivity contribution is 0.475. The quantitative estimate of drug-likeness (QED) is 0.344. The van der Waals surface area contributed by atoms with Gasteiger partial charge in [-0.1, -0.05) is 99.3 Å². The van der Waals surface area contributed by atoms with Crippen molar-refractivity contribution in [3.8, 4) is 0 Å². The van der Waals surface area contributed by atoms with Gasteiger partial charge < -0.3 is 0 Å². The van der Waals surface area contributed by atoms with E-state index in [2.05, 4.69) is 0 Å². The monoisotopic (exact) mass is 462 g/mol. The van der Waals surface area contributed by atoms with Crippen molar-refractivity contribution in [2.24, 2.45) is 0 Å². The van der Waals surface area contributed by atoms with Gasteiger partial charge in [-0.15, -0.1) is 0 Å². The second kappa shape index (κ2) is 12.0. The third-order valence-electron chi connectivity index (χ3n) is 10.2. The predicted molar refractivity (Wildman–Crippen MR) is 143 cm³/mol. The van der Waals surface area contributed by atoms with Crippen molar-refractivity contribution in [1.82, 2.24) is 0 Å². The maximum atomic E-state index is 1.67. The summed E-state index contributed by atoms with van der Waals surface area (Å²) in [5.41, 5.74) is 7.19. The maximum Gasteiger partial charge on any atom is -0.0136 e. The van der Waals surface area contributed by atoms with Crippen molar-refractivity contribution < 1.29 is 0 Å². The molecule has 0 saturated heterocycles. The van der Waals surface area contributed by atoms with Gasteiger partial charge in [-0.3, -0.25) is 0 Å². The van der Waals surface area contributed by atoms with E-state index in [0.29, 0.717) is 15.8 Å². The molecular weight excluding hydrogens is 410 g/mol. The summed E-state index contributed by atoms with van der Waals surface area (Å²) in [5, 5.41) is 0. The Balaban J connectivity index is 1.40. The molecule has 0 N–H and O–H groups in total. The highest BCUT2D eigenvalue weighted by molar-refractivity contribution is 7.64. The zero-order valence-electron chi connectivity index (χ0n) is 20.6. The molecule has 31 heavy (non-hydrogen) atoms. The van der Waals surface area contributed by atoms with Crippen LogP contribution in [0.3, 0.4) is 0 Å². The van der Waals surface area contributed by atoms with Gasteiger partial charge in [0.2, 0.25) is 0 Å². The number of hydrogen-bond donors (Lipinski definition) is 0. The lowest BCUT2D eigenvalue weighted by Gasteiger charge is -2.49. The molecule has 0 nitrogen and oxygen atoms in total. The van der Waals surface area contributed by atoms with Gasteiger partial charge in [-0.25, -0.2) is 0 Å². The maximum absolute atomic E-state index is 1.67. The topological polar surface area (TPSA) is 0 Å². The molecule has 0 amide bonds. The van der Waals surface area contributed by atoms with Crippen LogP contribution in [0, 0.1) is 0 Å². The minimum absolute atomic E-state index is 0.304.